The minimum atomic E-state index is -0.565. The Hall–Kier alpha value is -0.490. The van der Waals surface area contributed by atoms with E-state index in [1.165, 1.54) is 6.07 Å². The van der Waals surface area contributed by atoms with Crippen LogP contribution in [-0.2, 0) is 6.42 Å². The third-order valence-corrected chi connectivity index (χ3v) is 4.49. The van der Waals surface area contributed by atoms with E-state index in [9.17, 15) is 9.50 Å². The molecule has 0 aromatic heterocycles. The molecule has 2 atom stereocenters. The van der Waals surface area contributed by atoms with E-state index in [2.05, 4.69) is 32.8 Å². The van der Waals surface area contributed by atoms with Crippen LogP contribution in [0, 0.1) is 5.82 Å². The van der Waals surface area contributed by atoms with E-state index < -0.39 is 6.10 Å². The van der Waals surface area contributed by atoms with E-state index in [1.807, 2.05) is 7.05 Å². The molecule has 1 aromatic carbocycles. The molecular weight excluding hydrogens is 323 g/mol. The van der Waals surface area contributed by atoms with Gasteiger partial charge in [-0.25, -0.2) is 4.39 Å². The van der Waals surface area contributed by atoms with Gasteiger partial charge in [0.15, 0.2) is 0 Å². The monoisotopic (exact) mass is 344 g/mol. The Kier molecular flexibility index (Phi) is 5.55. The van der Waals surface area contributed by atoms with Crippen molar-refractivity contribution in [1.29, 1.82) is 0 Å². The maximum Gasteiger partial charge on any atom is 0.126 e. The fourth-order valence-corrected chi connectivity index (χ4v) is 3.19. The molecule has 2 rings (SSSR count). The molecule has 1 N–H and O–H groups in total. The van der Waals surface area contributed by atoms with Crippen molar-refractivity contribution >= 4 is 15.9 Å². The number of halogens is 2. The van der Waals surface area contributed by atoms with Crippen LogP contribution in [0.2, 0.25) is 0 Å². The summed E-state index contributed by atoms with van der Waals surface area (Å²) in [5, 5.41) is 10.5. The van der Waals surface area contributed by atoms with Gasteiger partial charge in [0.05, 0.1) is 6.10 Å². The molecule has 3 nitrogen and oxygen atoms in total. The Morgan fingerprint density at radius 3 is 2.90 bits per heavy atom. The van der Waals surface area contributed by atoms with Crippen LogP contribution in [0.5, 0.6) is 0 Å². The molecule has 0 radical (unpaired) electrons. The van der Waals surface area contributed by atoms with Crippen LogP contribution in [0.25, 0.3) is 0 Å². The molecule has 1 aromatic rings. The maximum atomic E-state index is 13.8. The molecule has 0 amide bonds. The lowest BCUT2D eigenvalue weighted by Crippen LogP contribution is -2.47. The van der Waals surface area contributed by atoms with Gasteiger partial charge >= 0.3 is 0 Å². The Labute approximate surface area is 128 Å². The number of rotatable bonds is 3. The molecule has 112 valence electrons. The standard InChI is InChI=1S/C15H22BrFN2O/c1-18-6-3-7-19(2)14(10-18)15(20)9-11-8-12(16)4-5-13(11)17/h4-5,8,14-15,20H,3,6-7,9-10H2,1-2H3. The summed E-state index contributed by atoms with van der Waals surface area (Å²) in [5.41, 5.74) is 0.562. The fourth-order valence-electron chi connectivity index (χ4n) is 2.78. The first-order valence-electron chi connectivity index (χ1n) is 6.98. The molecule has 0 aliphatic carbocycles. The molecule has 1 aliphatic heterocycles. The van der Waals surface area contributed by atoms with Crippen LogP contribution in [0.3, 0.4) is 0 Å². The molecule has 0 bridgehead atoms. The van der Waals surface area contributed by atoms with Crippen molar-refractivity contribution in [2.45, 2.75) is 25.0 Å². The number of aliphatic hydroxyl groups is 1. The zero-order valence-electron chi connectivity index (χ0n) is 12.0. The van der Waals surface area contributed by atoms with E-state index in [0.29, 0.717) is 12.0 Å². The highest BCUT2D eigenvalue weighted by Gasteiger charge is 2.27. The van der Waals surface area contributed by atoms with Gasteiger partial charge in [-0.05, 0) is 57.4 Å². The second-order valence-electron chi connectivity index (χ2n) is 5.67. The van der Waals surface area contributed by atoms with Gasteiger partial charge in [0, 0.05) is 23.5 Å². The summed E-state index contributed by atoms with van der Waals surface area (Å²) in [7, 11) is 4.10. The predicted molar refractivity (Wildman–Crippen MR) is 82.3 cm³/mol. The molecule has 5 heteroatoms. The van der Waals surface area contributed by atoms with Gasteiger partial charge in [-0.2, -0.15) is 0 Å². The topological polar surface area (TPSA) is 26.7 Å². The van der Waals surface area contributed by atoms with E-state index in [1.54, 1.807) is 12.1 Å². The van der Waals surface area contributed by atoms with Crippen molar-refractivity contribution in [3.8, 4) is 0 Å². The quantitative estimate of drug-likeness (QED) is 0.909. The summed E-state index contributed by atoms with van der Waals surface area (Å²) in [6.07, 6.45) is 0.875. The number of aliphatic hydroxyl groups excluding tert-OH is 1. The minimum Gasteiger partial charge on any atom is -0.391 e. The van der Waals surface area contributed by atoms with E-state index in [0.717, 1.165) is 30.5 Å². The Balaban J connectivity index is 2.09. The maximum absolute atomic E-state index is 13.8. The van der Waals surface area contributed by atoms with Crippen LogP contribution >= 0.6 is 15.9 Å². The second-order valence-corrected chi connectivity index (χ2v) is 6.59. The lowest BCUT2D eigenvalue weighted by atomic mass is 10.0. The highest BCUT2D eigenvalue weighted by atomic mass is 79.9. The fraction of sp³-hybridized carbons (Fsp3) is 0.600. The summed E-state index contributed by atoms with van der Waals surface area (Å²) >= 11 is 3.35. The zero-order chi connectivity index (χ0) is 14.7. The first-order chi connectivity index (χ1) is 9.47. The highest BCUT2D eigenvalue weighted by Crippen LogP contribution is 2.20. The van der Waals surface area contributed by atoms with Crippen LogP contribution in [0.15, 0.2) is 22.7 Å². The van der Waals surface area contributed by atoms with Crippen LogP contribution in [0.1, 0.15) is 12.0 Å². The summed E-state index contributed by atoms with van der Waals surface area (Å²) in [6, 6.07) is 4.91. The first kappa shape index (κ1) is 15.9. The lowest BCUT2D eigenvalue weighted by Gasteiger charge is -2.31. The Bertz CT molecular complexity index is 457. The predicted octanol–water partition coefficient (Wildman–Crippen LogP) is 2.13. The average Bonchev–Trinajstić information content (AvgIpc) is 2.55. The average molecular weight is 345 g/mol. The minimum absolute atomic E-state index is 0.0425. The third kappa shape index (κ3) is 4.01. The normalized spacial score (nSPS) is 23.6. The van der Waals surface area contributed by atoms with Gasteiger partial charge in [0.25, 0.3) is 0 Å². The largest absolute Gasteiger partial charge is 0.391 e. The summed E-state index contributed by atoms with van der Waals surface area (Å²) in [4.78, 5) is 4.42. The number of hydrogen-bond donors (Lipinski definition) is 1. The molecule has 1 aliphatic rings. The van der Waals surface area contributed by atoms with Crippen molar-refractivity contribution in [1.82, 2.24) is 9.80 Å². The SMILES string of the molecule is CN1CCCN(C)C(C(O)Cc2cc(Br)ccc2F)C1. The molecular formula is C15H22BrFN2O. The van der Waals surface area contributed by atoms with Crippen LogP contribution in [-0.4, -0.2) is 60.8 Å². The smallest absolute Gasteiger partial charge is 0.126 e. The van der Waals surface area contributed by atoms with Gasteiger partial charge < -0.3 is 10.0 Å². The second kappa shape index (κ2) is 6.98. The molecule has 0 spiro atoms. The van der Waals surface area contributed by atoms with Crippen LogP contribution < -0.4 is 0 Å². The van der Waals surface area contributed by atoms with Crippen molar-refractivity contribution < 1.29 is 9.50 Å². The number of benzene rings is 1. The summed E-state index contributed by atoms with van der Waals surface area (Å²) in [5.74, 6) is -0.253. The zero-order valence-corrected chi connectivity index (χ0v) is 13.6. The Morgan fingerprint density at radius 2 is 2.15 bits per heavy atom. The van der Waals surface area contributed by atoms with Crippen molar-refractivity contribution in [3.05, 3.63) is 34.1 Å². The number of hydrogen-bond acceptors (Lipinski definition) is 3. The van der Waals surface area contributed by atoms with Gasteiger partial charge in [-0.1, -0.05) is 15.9 Å². The first-order valence-corrected chi connectivity index (χ1v) is 7.77. The highest BCUT2D eigenvalue weighted by molar-refractivity contribution is 9.10. The molecule has 2 unspecified atom stereocenters. The van der Waals surface area contributed by atoms with Crippen LogP contribution in [0.4, 0.5) is 4.39 Å². The van der Waals surface area contributed by atoms with Crippen molar-refractivity contribution in [2.75, 3.05) is 33.7 Å². The van der Waals surface area contributed by atoms with E-state index in [4.69, 9.17) is 0 Å². The van der Waals surface area contributed by atoms with E-state index >= 15 is 0 Å². The van der Waals surface area contributed by atoms with E-state index in [-0.39, 0.29) is 11.9 Å². The van der Waals surface area contributed by atoms with Gasteiger partial charge in [-0.3, -0.25) is 4.90 Å². The van der Waals surface area contributed by atoms with Gasteiger partial charge in [0.2, 0.25) is 0 Å². The third-order valence-electron chi connectivity index (χ3n) is 4.00. The molecule has 1 heterocycles. The van der Waals surface area contributed by atoms with Gasteiger partial charge in [0.1, 0.15) is 5.82 Å². The number of likely N-dealkylation sites (N-methyl/N-ethyl adjacent to an activating group) is 2. The molecule has 0 saturated carbocycles. The summed E-state index contributed by atoms with van der Waals surface area (Å²) < 4.78 is 14.6. The molecule has 1 saturated heterocycles. The lowest BCUT2D eigenvalue weighted by molar-refractivity contribution is 0.0575. The van der Waals surface area contributed by atoms with Crippen molar-refractivity contribution in [2.24, 2.45) is 0 Å². The number of nitrogens with zero attached hydrogens (tertiary/aromatic N) is 2. The molecule has 20 heavy (non-hydrogen) atoms. The summed E-state index contributed by atoms with van der Waals surface area (Å²) in [6.45, 7) is 2.82. The van der Waals surface area contributed by atoms with Gasteiger partial charge in [-0.15, -0.1) is 0 Å². The molecule has 1 fully saturated rings. The Morgan fingerprint density at radius 1 is 1.40 bits per heavy atom. The van der Waals surface area contributed by atoms with Crippen molar-refractivity contribution in [3.63, 3.8) is 0 Å².